The van der Waals surface area contributed by atoms with Crippen LogP contribution in [0.15, 0.2) is 59.6 Å². The van der Waals surface area contributed by atoms with Crippen molar-refractivity contribution in [1.82, 2.24) is 10.2 Å². The zero-order valence-corrected chi connectivity index (χ0v) is 11.1. The SMILES string of the molecule is NC1=Nc2ccccc2C2(c3ccccc3)NCCN12. The molecule has 1 fully saturated rings. The van der Waals surface area contributed by atoms with Crippen LogP contribution in [0.4, 0.5) is 5.69 Å². The van der Waals surface area contributed by atoms with Crippen molar-refractivity contribution in [2.75, 3.05) is 13.1 Å². The van der Waals surface area contributed by atoms with Crippen molar-refractivity contribution in [2.45, 2.75) is 5.66 Å². The van der Waals surface area contributed by atoms with Gasteiger partial charge in [0.1, 0.15) is 5.66 Å². The minimum absolute atomic E-state index is 0.385. The van der Waals surface area contributed by atoms with Gasteiger partial charge in [0.25, 0.3) is 0 Å². The second kappa shape index (κ2) is 4.08. The van der Waals surface area contributed by atoms with Gasteiger partial charge in [0.05, 0.1) is 5.69 Å². The normalized spacial score (nSPS) is 24.0. The summed E-state index contributed by atoms with van der Waals surface area (Å²) in [6.45, 7) is 1.75. The molecular weight excluding hydrogens is 248 g/mol. The standard InChI is InChI=1S/C16H16N4/c17-15-19-14-9-5-4-8-13(14)16(18-10-11-20(15)16)12-6-2-1-3-7-12/h1-9,18H,10-11H2,(H2,17,19). The molecule has 4 nitrogen and oxygen atoms in total. The number of fused-ring (bicyclic) bond motifs is 3. The third kappa shape index (κ3) is 1.37. The van der Waals surface area contributed by atoms with Crippen molar-refractivity contribution in [1.29, 1.82) is 0 Å². The number of nitrogens with one attached hydrogen (secondary N) is 1. The molecule has 4 heteroatoms. The molecule has 2 aromatic rings. The van der Waals surface area contributed by atoms with E-state index in [1.165, 1.54) is 5.56 Å². The van der Waals surface area contributed by atoms with Crippen LogP contribution in [-0.2, 0) is 5.66 Å². The first-order chi connectivity index (χ1) is 9.82. The molecule has 20 heavy (non-hydrogen) atoms. The molecule has 3 N–H and O–H groups in total. The highest BCUT2D eigenvalue weighted by Crippen LogP contribution is 2.43. The second-order valence-electron chi connectivity index (χ2n) is 5.14. The van der Waals surface area contributed by atoms with E-state index in [0.717, 1.165) is 24.3 Å². The molecule has 1 unspecified atom stereocenters. The van der Waals surface area contributed by atoms with Crippen LogP contribution < -0.4 is 11.1 Å². The van der Waals surface area contributed by atoms with Crippen LogP contribution in [0.2, 0.25) is 0 Å². The highest BCUT2D eigenvalue weighted by Gasteiger charge is 2.48. The lowest BCUT2D eigenvalue weighted by Gasteiger charge is -2.43. The summed E-state index contributed by atoms with van der Waals surface area (Å²) in [5, 5.41) is 3.64. The van der Waals surface area contributed by atoms with Crippen LogP contribution in [0.25, 0.3) is 0 Å². The van der Waals surface area contributed by atoms with Crippen molar-refractivity contribution in [3.8, 4) is 0 Å². The van der Waals surface area contributed by atoms with E-state index in [1.54, 1.807) is 0 Å². The second-order valence-corrected chi connectivity index (χ2v) is 5.14. The van der Waals surface area contributed by atoms with Crippen molar-refractivity contribution in [3.63, 3.8) is 0 Å². The fourth-order valence-electron chi connectivity index (χ4n) is 3.29. The van der Waals surface area contributed by atoms with Crippen LogP contribution in [0.1, 0.15) is 11.1 Å². The number of hydrogen-bond donors (Lipinski definition) is 2. The van der Waals surface area contributed by atoms with Gasteiger partial charge in [-0.1, -0.05) is 48.5 Å². The predicted octanol–water partition coefficient (Wildman–Crippen LogP) is 1.75. The lowest BCUT2D eigenvalue weighted by atomic mass is 9.88. The molecule has 2 heterocycles. The molecule has 2 aliphatic heterocycles. The summed E-state index contributed by atoms with van der Waals surface area (Å²) in [7, 11) is 0. The van der Waals surface area contributed by atoms with Crippen molar-refractivity contribution < 1.29 is 0 Å². The maximum atomic E-state index is 6.19. The Balaban J connectivity index is 2.03. The highest BCUT2D eigenvalue weighted by molar-refractivity contribution is 5.86. The first kappa shape index (κ1) is 11.5. The lowest BCUT2D eigenvalue weighted by Crippen LogP contribution is -2.55. The Morgan fingerprint density at radius 3 is 2.65 bits per heavy atom. The Morgan fingerprint density at radius 2 is 1.80 bits per heavy atom. The van der Waals surface area contributed by atoms with Gasteiger partial charge in [-0.05, 0) is 11.6 Å². The number of nitrogens with two attached hydrogens (primary N) is 1. The molecule has 1 atom stereocenters. The topological polar surface area (TPSA) is 53.6 Å². The third-order valence-corrected chi connectivity index (χ3v) is 4.12. The van der Waals surface area contributed by atoms with Crippen molar-refractivity contribution in [2.24, 2.45) is 10.7 Å². The highest BCUT2D eigenvalue weighted by atomic mass is 15.4. The molecular formula is C16H16N4. The maximum Gasteiger partial charge on any atom is 0.198 e. The minimum Gasteiger partial charge on any atom is -0.369 e. The number of para-hydroxylation sites is 1. The number of rotatable bonds is 1. The molecule has 0 amide bonds. The largest absolute Gasteiger partial charge is 0.369 e. The minimum atomic E-state index is -0.385. The first-order valence-electron chi connectivity index (χ1n) is 6.84. The van der Waals surface area contributed by atoms with Crippen LogP contribution in [-0.4, -0.2) is 23.9 Å². The van der Waals surface area contributed by atoms with E-state index in [9.17, 15) is 0 Å². The molecule has 0 aliphatic carbocycles. The van der Waals surface area contributed by atoms with Crippen LogP contribution in [0.5, 0.6) is 0 Å². The number of guanidine groups is 1. The number of aliphatic imine (C=N–C) groups is 1. The monoisotopic (exact) mass is 264 g/mol. The van der Waals surface area contributed by atoms with Crippen molar-refractivity contribution >= 4 is 11.6 Å². The van der Waals surface area contributed by atoms with Gasteiger partial charge < -0.3 is 10.6 Å². The van der Waals surface area contributed by atoms with E-state index in [0.29, 0.717) is 5.96 Å². The summed E-state index contributed by atoms with van der Waals surface area (Å²) in [5.74, 6) is 0.581. The van der Waals surface area contributed by atoms with Gasteiger partial charge in [0.2, 0.25) is 0 Å². The van der Waals surface area contributed by atoms with E-state index < -0.39 is 0 Å². The molecule has 2 aliphatic rings. The zero-order chi connectivity index (χ0) is 13.6. The average Bonchev–Trinajstić information content (AvgIpc) is 2.95. The summed E-state index contributed by atoms with van der Waals surface area (Å²) in [6, 6.07) is 18.6. The molecule has 4 rings (SSSR count). The predicted molar refractivity (Wildman–Crippen MR) is 79.7 cm³/mol. The van der Waals surface area contributed by atoms with Crippen molar-refractivity contribution in [3.05, 3.63) is 65.7 Å². The Labute approximate surface area is 117 Å². The molecule has 2 aromatic carbocycles. The maximum absolute atomic E-state index is 6.19. The number of nitrogens with zero attached hydrogens (tertiary/aromatic N) is 2. The molecule has 100 valence electrons. The summed E-state index contributed by atoms with van der Waals surface area (Å²) >= 11 is 0. The van der Waals surface area contributed by atoms with Crippen LogP contribution >= 0.6 is 0 Å². The van der Waals surface area contributed by atoms with Gasteiger partial charge >= 0.3 is 0 Å². The average molecular weight is 264 g/mol. The Bertz CT molecular complexity index is 680. The van der Waals surface area contributed by atoms with Gasteiger partial charge in [-0.2, -0.15) is 0 Å². The van der Waals surface area contributed by atoms with Crippen LogP contribution in [0.3, 0.4) is 0 Å². The van der Waals surface area contributed by atoms with E-state index in [4.69, 9.17) is 5.73 Å². The van der Waals surface area contributed by atoms with Gasteiger partial charge in [0, 0.05) is 18.7 Å². The molecule has 0 spiro atoms. The molecule has 0 bridgehead atoms. The van der Waals surface area contributed by atoms with Gasteiger partial charge in [-0.25, -0.2) is 4.99 Å². The summed E-state index contributed by atoms with van der Waals surface area (Å²) in [4.78, 5) is 6.70. The summed E-state index contributed by atoms with van der Waals surface area (Å²) in [5.41, 5.74) is 9.11. The Morgan fingerprint density at radius 1 is 1.05 bits per heavy atom. The number of hydrogen-bond acceptors (Lipinski definition) is 4. The van der Waals surface area contributed by atoms with E-state index >= 15 is 0 Å². The Hall–Kier alpha value is -2.33. The van der Waals surface area contributed by atoms with Crippen LogP contribution in [0, 0.1) is 0 Å². The zero-order valence-electron chi connectivity index (χ0n) is 11.1. The third-order valence-electron chi connectivity index (χ3n) is 4.12. The fraction of sp³-hybridized carbons (Fsp3) is 0.188. The van der Waals surface area contributed by atoms with Gasteiger partial charge in [-0.15, -0.1) is 0 Å². The lowest BCUT2D eigenvalue weighted by molar-refractivity contribution is 0.253. The van der Waals surface area contributed by atoms with E-state index in [-0.39, 0.29) is 5.66 Å². The first-order valence-corrected chi connectivity index (χ1v) is 6.84. The summed E-state index contributed by atoms with van der Waals surface area (Å²) < 4.78 is 0. The van der Waals surface area contributed by atoms with E-state index in [1.807, 2.05) is 18.2 Å². The molecule has 1 saturated heterocycles. The van der Waals surface area contributed by atoms with Gasteiger partial charge in [0.15, 0.2) is 5.96 Å². The van der Waals surface area contributed by atoms with Gasteiger partial charge in [-0.3, -0.25) is 5.32 Å². The smallest absolute Gasteiger partial charge is 0.198 e. The molecule has 0 radical (unpaired) electrons. The summed E-state index contributed by atoms with van der Waals surface area (Å²) in [6.07, 6.45) is 0. The molecule has 0 aromatic heterocycles. The van der Waals surface area contributed by atoms with E-state index in [2.05, 4.69) is 51.6 Å². The Kier molecular flexibility index (Phi) is 2.35. The fourth-order valence-corrected chi connectivity index (χ4v) is 3.29. The quantitative estimate of drug-likeness (QED) is 0.825. The number of benzene rings is 2. The molecule has 0 saturated carbocycles.